The van der Waals surface area contributed by atoms with Crippen LogP contribution in [0.15, 0.2) is 30.3 Å². The standard InChI is InChI=1S/C34H60N4O6/c1-10-23(4)30(37(6)33(40)29(35)22(2)3)28(42-7)18-20-38-19-14-17-27(38)31(43-8)24(5)32(39)36-26(34(41)44-9)21-25-15-12-11-13-16-25/h11-13,15-16,22-24,26-31,34,41H,10,14,17-21,35H2,1-9H3,(H,36,39). The van der Waals surface area contributed by atoms with Gasteiger partial charge in [-0.3, -0.25) is 14.5 Å². The van der Waals surface area contributed by atoms with Crippen molar-refractivity contribution in [2.24, 2.45) is 23.5 Å². The molecule has 2 amide bonds. The Bertz CT molecular complexity index is 982. The molecule has 10 heteroatoms. The number of carbonyl (C=O) groups excluding carboxylic acids is 2. The summed E-state index contributed by atoms with van der Waals surface area (Å²) in [7, 11) is 6.65. The number of amides is 2. The van der Waals surface area contributed by atoms with Gasteiger partial charge < -0.3 is 35.3 Å². The molecule has 0 bridgehead atoms. The second-order valence-electron chi connectivity index (χ2n) is 12.8. The largest absolute Gasteiger partial charge is 0.379 e. The van der Waals surface area contributed by atoms with E-state index >= 15 is 0 Å². The van der Waals surface area contributed by atoms with Crippen LogP contribution < -0.4 is 11.1 Å². The summed E-state index contributed by atoms with van der Waals surface area (Å²) in [4.78, 5) is 31.0. The highest BCUT2D eigenvalue weighted by Gasteiger charge is 2.40. The molecule has 0 saturated carbocycles. The number of methoxy groups -OCH3 is 3. The topological polar surface area (TPSA) is 127 Å². The lowest BCUT2D eigenvalue weighted by Gasteiger charge is -2.40. The summed E-state index contributed by atoms with van der Waals surface area (Å²) in [6.45, 7) is 11.8. The highest BCUT2D eigenvalue weighted by atomic mass is 16.6. The first-order valence-electron chi connectivity index (χ1n) is 16.3. The molecule has 1 heterocycles. The fourth-order valence-electron chi connectivity index (χ4n) is 6.54. The van der Waals surface area contributed by atoms with Gasteiger partial charge in [0.15, 0.2) is 6.29 Å². The Labute approximate surface area is 266 Å². The minimum atomic E-state index is -1.14. The second-order valence-corrected chi connectivity index (χ2v) is 12.8. The zero-order valence-corrected chi connectivity index (χ0v) is 28.6. The fraction of sp³-hybridized carbons (Fsp3) is 0.765. The molecule has 9 atom stereocenters. The van der Waals surface area contributed by atoms with Crippen molar-refractivity contribution in [1.82, 2.24) is 15.1 Å². The van der Waals surface area contributed by atoms with Gasteiger partial charge in [-0.05, 0) is 49.6 Å². The van der Waals surface area contributed by atoms with Crippen LogP contribution in [0.25, 0.3) is 0 Å². The summed E-state index contributed by atoms with van der Waals surface area (Å²) in [5, 5.41) is 13.5. The molecule has 44 heavy (non-hydrogen) atoms. The van der Waals surface area contributed by atoms with Crippen LogP contribution in [0.4, 0.5) is 0 Å². The predicted molar refractivity (Wildman–Crippen MR) is 174 cm³/mol. The van der Waals surface area contributed by atoms with Crippen molar-refractivity contribution in [3.05, 3.63) is 35.9 Å². The average molecular weight is 621 g/mol. The summed E-state index contributed by atoms with van der Waals surface area (Å²) in [6, 6.07) is 8.51. The van der Waals surface area contributed by atoms with Crippen LogP contribution in [0.3, 0.4) is 0 Å². The number of hydrogen-bond acceptors (Lipinski definition) is 8. The Balaban J connectivity index is 2.14. The molecule has 2 rings (SSSR count). The monoisotopic (exact) mass is 620 g/mol. The first-order valence-corrected chi connectivity index (χ1v) is 16.3. The molecule has 1 aromatic rings. The average Bonchev–Trinajstić information content (AvgIpc) is 3.49. The summed E-state index contributed by atoms with van der Waals surface area (Å²) in [5.74, 6) is -0.432. The number of likely N-dealkylation sites (N-methyl/N-ethyl adjacent to an activating group) is 1. The van der Waals surface area contributed by atoms with E-state index in [9.17, 15) is 14.7 Å². The highest BCUT2D eigenvalue weighted by molar-refractivity contribution is 5.82. The number of rotatable bonds is 19. The molecule has 252 valence electrons. The lowest BCUT2D eigenvalue weighted by Crippen LogP contribution is -2.55. The van der Waals surface area contributed by atoms with Crippen LogP contribution in [0.5, 0.6) is 0 Å². The van der Waals surface area contributed by atoms with Gasteiger partial charge in [-0.1, -0.05) is 71.4 Å². The van der Waals surface area contributed by atoms with Crippen LogP contribution >= 0.6 is 0 Å². The second kappa shape index (κ2) is 18.8. The normalized spacial score (nSPS) is 21.2. The Morgan fingerprint density at radius 2 is 1.75 bits per heavy atom. The van der Waals surface area contributed by atoms with E-state index in [1.54, 1.807) is 19.1 Å². The van der Waals surface area contributed by atoms with Crippen LogP contribution in [0.1, 0.15) is 65.9 Å². The van der Waals surface area contributed by atoms with E-state index in [-0.39, 0.29) is 47.9 Å². The highest BCUT2D eigenvalue weighted by Crippen LogP contribution is 2.29. The van der Waals surface area contributed by atoms with Gasteiger partial charge in [0.1, 0.15) is 0 Å². The van der Waals surface area contributed by atoms with E-state index in [2.05, 4.69) is 24.1 Å². The molecule has 1 aliphatic rings. The zero-order valence-electron chi connectivity index (χ0n) is 28.6. The Kier molecular flexibility index (Phi) is 16.3. The number of ether oxygens (including phenoxy) is 3. The molecule has 4 N–H and O–H groups in total. The van der Waals surface area contributed by atoms with Crippen LogP contribution in [0.2, 0.25) is 0 Å². The number of aliphatic hydroxyl groups is 1. The van der Waals surface area contributed by atoms with Gasteiger partial charge in [0.05, 0.1) is 36.3 Å². The van der Waals surface area contributed by atoms with Crippen LogP contribution in [-0.4, -0.2) is 111 Å². The predicted octanol–water partition coefficient (Wildman–Crippen LogP) is 3.06. The lowest BCUT2D eigenvalue weighted by molar-refractivity contribution is -0.139. The molecule has 0 aromatic heterocycles. The summed E-state index contributed by atoms with van der Waals surface area (Å²) >= 11 is 0. The summed E-state index contributed by atoms with van der Waals surface area (Å²) in [6.07, 6.45) is 2.35. The molecule has 9 unspecified atom stereocenters. The maximum absolute atomic E-state index is 13.5. The number of likely N-dealkylation sites (tertiary alicyclic amines) is 1. The quantitative estimate of drug-likeness (QED) is 0.202. The first kappa shape index (κ1) is 38.1. The molecule has 0 aliphatic carbocycles. The summed E-state index contributed by atoms with van der Waals surface area (Å²) < 4.78 is 17.2. The van der Waals surface area contributed by atoms with Gasteiger partial charge in [-0.2, -0.15) is 0 Å². The minimum absolute atomic E-state index is 0.0467. The number of aliphatic hydroxyl groups excluding tert-OH is 1. The Hall–Kier alpha value is -2.08. The van der Waals surface area contributed by atoms with Crippen molar-refractivity contribution < 1.29 is 28.9 Å². The van der Waals surface area contributed by atoms with E-state index in [1.807, 2.05) is 58.2 Å². The van der Waals surface area contributed by atoms with E-state index in [0.717, 1.165) is 44.3 Å². The molecular formula is C34H60N4O6. The maximum atomic E-state index is 13.5. The molecule has 1 saturated heterocycles. The van der Waals surface area contributed by atoms with Crippen molar-refractivity contribution in [2.45, 2.75) is 109 Å². The van der Waals surface area contributed by atoms with Crippen molar-refractivity contribution in [2.75, 3.05) is 41.5 Å². The number of nitrogens with one attached hydrogen (secondary N) is 1. The van der Waals surface area contributed by atoms with E-state index in [4.69, 9.17) is 19.9 Å². The van der Waals surface area contributed by atoms with Gasteiger partial charge in [-0.25, -0.2) is 0 Å². The number of carbonyl (C=O) groups is 2. The molecule has 0 spiro atoms. The fourth-order valence-corrected chi connectivity index (χ4v) is 6.54. The number of hydrogen-bond donors (Lipinski definition) is 3. The van der Waals surface area contributed by atoms with Crippen LogP contribution in [-0.2, 0) is 30.2 Å². The van der Waals surface area contributed by atoms with Gasteiger partial charge >= 0.3 is 0 Å². The van der Waals surface area contributed by atoms with Gasteiger partial charge in [0.2, 0.25) is 11.8 Å². The van der Waals surface area contributed by atoms with Crippen molar-refractivity contribution in [3.8, 4) is 0 Å². The third-order valence-corrected chi connectivity index (χ3v) is 9.59. The number of nitrogens with two attached hydrogens (primary N) is 1. The van der Waals surface area contributed by atoms with Gasteiger partial charge in [0, 0.05) is 41.0 Å². The molecule has 1 fully saturated rings. The molecular weight excluding hydrogens is 560 g/mol. The minimum Gasteiger partial charge on any atom is -0.379 e. The smallest absolute Gasteiger partial charge is 0.239 e. The van der Waals surface area contributed by atoms with Crippen molar-refractivity contribution in [1.29, 1.82) is 0 Å². The molecule has 10 nitrogen and oxygen atoms in total. The third kappa shape index (κ3) is 10.2. The van der Waals surface area contributed by atoms with E-state index in [0.29, 0.717) is 6.42 Å². The summed E-state index contributed by atoms with van der Waals surface area (Å²) in [5.41, 5.74) is 7.25. The SMILES string of the molecule is CCC(C)C(C(CCN1CCCC1C(OC)C(C)C(=O)NC(Cc1ccccc1)C(O)OC)OC)N(C)C(=O)C(N)C(C)C. The molecule has 0 radical (unpaired) electrons. The Morgan fingerprint density at radius 1 is 1.09 bits per heavy atom. The van der Waals surface area contributed by atoms with Crippen LogP contribution in [0, 0.1) is 17.8 Å². The molecule has 1 aromatic carbocycles. The number of nitrogens with zero attached hydrogens (tertiary/aromatic N) is 2. The molecule has 1 aliphatic heterocycles. The van der Waals surface area contributed by atoms with Crippen molar-refractivity contribution in [3.63, 3.8) is 0 Å². The maximum Gasteiger partial charge on any atom is 0.239 e. The van der Waals surface area contributed by atoms with Crippen molar-refractivity contribution >= 4 is 11.8 Å². The van der Waals surface area contributed by atoms with E-state index < -0.39 is 24.3 Å². The van der Waals surface area contributed by atoms with Gasteiger partial charge in [-0.15, -0.1) is 0 Å². The van der Waals surface area contributed by atoms with Gasteiger partial charge in [0.25, 0.3) is 0 Å². The number of benzene rings is 1. The third-order valence-electron chi connectivity index (χ3n) is 9.59. The first-order chi connectivity index (χ1) is 20.9. The van der Waals surface area contributed by atoms with E-state index in [1.165, 1.54) is 7.11 Å². The Morgan fingerprint density at radius 3 is 2.30 bits per heavy atom. The zero-order chi connectivity index (χ0) is 33.0. The lowest BCUT2D eigenvalue weighted by atomic mass is 9.89.